The highest BCUT2D eigenvalue weighted by molar-refractivity contribution is 6.32. The Kier molecular flexibility index (Phi) is 8.20. The maximum absolute atomic E-state index is 11.0. The zero-order valence-electron chi connectivity index (χ0n) is 14.3. The molecule has 5 nitrogen and oxygen atoms in total. The van der Waals surface area contributed by atoms with Gasteiger partial charge in [0.15, 0.2) is 11.5 Å². The van der Waals surface area contributed by atoms with E-state index in [0.29, 0.717) is 36.3 Å². The topological polar surface area (TPSA) is 59.0 Å². The molecule has 0 aliphatic rings. The number of hydrogen-bond donors (Lipinski definition) is 1. The zero-order chi connectivity index (χ0) is 17.4. The van der Waals surface area contributed by atoms with E-state index < -0.39 is 5.97 Å². The third-order valence-electron chi connectivity index (χ3n) is 3.27. The predicted octanol–water partition coefficient (Wildman–Crippen LogP) is 3.82. The van der Waals surface area contributed by atoms with E-state index in [1.807, 2.05) is 44.7 Å². The Hall–Kier alpha value is -1.46. The van der Waals surface area contributed by atoms with Crippen LogP contribution in [-0.4, -0.2) is 41.8 Å². The molecule has 0 aliphatic heterocycles. The largest absolute Gasteiger partial charge is 0.490 e. The van der Waals surface area contributed by atoms with Crippen molar-refractivity contribution in [1.29, 1.82) is 0 Å². The molecule has 23 heavy (non-hydrogen) atoms. The highest BCUT2D eigenvalue weighted by Gasteiger charge is 2.17. The van der Waals surface area contributed by atoms with Gasteiger partial charge < -0.3 is 14.6 Å². The van der Waals surface area contributed by atoms with Crippen molar-refractivity contribution in [3.8, 4) is 11.5 Å². The van der Waals surface area contributed by atoms with E-state index in [-0.39, 0.29) is 12.6 Å². The van der Waals surface area contributed by atoms with Crippen molar-refractivity contribution in [1.82, 2.24) is 4.90 Å². The highest BCUT2D eigenvalue weighted by Crippen LogP contribution is 2.37. The molecule has 0 aromatic heterocycles. The summed E-state index contributed by atoms with van der Waals surface area (Å²) in [6.45, 7) is 9.39. The third kappa shape index (κ3) is 6.28. The Labute approximate surface area is 143 Å². The second-order valence-corrected chi connectivity index (χ2v) is 5.99. The molecule has 1 aromatic rings. The minimum absolute atomic E-state index is 0.0205. The van der Waals surface area contributed by atoms with Crippen molar-refractivity contribution in [3.05, 3.63) is 22.7 Å². The van der Waals surface area contributed by atoms with E-state index in [2.05, 4.69) is 0 Å². The number of carboxylic acid groups (broad SMARTS) is 1. The Bertz CT molecular complexity index is 520. The molecule has 0 spiro atoms. The molecule has 0 atom stereocenters. The summed E-state index contributed by atoms with van der Waals surface area (Å²) in [5.41, 5.74) is 0.900. The summed E-state index contributed by atoms with van der Waals surface area (Å²) in [5.74, 6) is 0.300. The lowest BCUT2D eigenvalue weighted by Gasteiger charge is -2.25. The van der Waals surface area contributed by atoms with Crippen molar-refractivity contribution >= 4 is 17.6 Å². The first-order chi connectivity index (χ1) is 10.9. The van der Waals surface area contributed by atoms with Crippen LogP contribution in [-0.2, 0) is 11.3 Å². The smallest absolute Gasteiger partial charge is 0.317 e. The first-order valence-electron chi connectivity index (χ1n) is 7.92. The van der Waals surface area contributed by atoms with Gasteiger partial charge in [-0.15, -0.1) is 0 Å². The minimum Gasteiger partial charge on any atom is -0.490 e. The van der Waals surface area contributed by atoms with Crippen LogP contribution < -0.4 is 9.47 Å². The standard InChI is InChI=1S/C17H26ClNO4/c1-5-7-23-17-14(18)8-13(9-15(17)22-6-2)10-19(12(3)4)11-16(20)21/h8-9,12H,5-7,10-11H2,1-4H3,(H,20,21). The van der Waals surface area contributed by atoms with Crippen LogP contribution in [0.2, 0.25) is 5.02 Å². The summed E-state index contributed by atoms with van der Waals surface area (Å²) in [5, 5.41) is 9.52. The number of aliphatic carboxylic acids is 1. The number of hydrogen-bond acceptors (Lipinski definition) is 4. The molecule has 0 saturated heterocycles. The Morgan fingerprint density at radius 1 is 1.30 bits per heavy atom. The van der Waals surface area contributed by atoms with Crippen LogP contribution in [0.1, 0.15) is 39.7 Å². The number of carbonyl (C=O) groups is 1. The molecule has 0 radical (unpaired) electrons. The first kappa shape index (κ1) is 19.6. The molecule has 0 fully saturated rings. The number of ether oxygens (including phenoxy) is 2. The Morgan fingerprint density at radius 2 is 2.00 bits per heavy atom. The van der Waals surface area contributed by atoms with Crippen LogP contribution in [0.5, 0.6) is 11.5 Å². The molecule has 0 unspecified atom stereocenters. The summed E-state index contributed by atoms with van der Waals surface area (Å²) >= 11 is 6.33. The molecule has 0 amide bonds. The quantitative estimate of drug-likeness (QED) is 0.699. The van der Waals surface area contributed by atoms with Crippen molar-refractivity contribution in [2.45, 2.75) is 46.7 Å². The lowest BCUT2D eigenvalue weighted by molar-refractivity contribution is -0.138. The summed E-state index contributed by atoms with van der Waals surface area (Å²) in [6.07, 6.45) is 0.878. The molecule has 0 saturated carbocycles. The van der Waals surface area contributed by atoms with Gasteiger partial charge in [0.1, 0.15) is 0 Å². The summed E-state index contributed by atoms with van der Waals surface area (Å²) in [4.78, 5) is 12.9. The Balaban J connectivity index is 3.04. The predicted molar refractivity (Wildman–Crippen MR) is 91.6 cm³/mol. The molecule has 0 bridgehead atoms. The zero-order valence-corrected chi connectivity index (χ0v) is 15.0. The van der Waals surface area contributed by atoms with Gasteiger partial charge in [0.25, 0.3) is 0 Å². The molecular weight excluding hydrogens is 318 g/mol. The average molecular weight is 344 g/mol. The summed E-state index contributed by atoms with van der Waals surface area (Å²) in [6, 6.07) is 3.79. The molecule has 130 valence electrons. The van der Waals surface area contributed by atoms with E-state index in [9.17, 15) is 4.79 Å². The molecular formula is C17H26ClNO4. The molecule has 1 N–H and O–H groups in total. The fraction of sp³-hybridized carbons (Fsp3) is 0.588. The van der Waals surface area contributed by atoms with Gasteiger partial charge in [0, 0.05) is 12.6 Å². The number of carboxylic acids is 1. The van der Waals surface area contributed by atoms with Gasteiger partial charge in [0.05, 0.1) is 24.8 Å². The van der Waals surface area contributed by atoms with Gasteiger partial charge in [-0.2, -0.15) is 0 Å². The first-order valence-corrected chi connectivity index (χ1v) is 8.30. The van der Waals surface area contributed by atoms with Crippen LogP contribution >= 0.6 is 11.6 Å². The van der Waals surface area contributed by atoms with E-state index in [1.54, 1.807) is 0 Å². The monoisotopic (exact) mass is 343 g/mol. The minimum atomic E-state index is -0.849. The molecule has 6 heteroatoms. The van der Waals surface area contributed by atoms with Crippen LogP contribution in [0.15, 0.2) is 12.1 Å². The van der Waals surface area contributed by atoms with E-state index >= 15 is 0 Å². The SMILES string of the molecule is CCCOc1c(Cl)cc(CN(CC(=O)O)C(C)C)cc1OCC. The lowest BCUT2D eigenvalue weighted by atomic mass is 10.1. The average Bonchev–Trinajstić information content (AvgIpc) is 2.45. The summed E-state index contributed by atoms with van der Waals surface area (Å²) < 4.78 is 11.3. The van der Waals surface area contributed by atoms with Gasteiger partial charge in [0.2, 0.25) is 0 Å². The maximum Gasteiger partial charge on any atom is 0.317 e. The van der Waals surface area contributed by atoms with Gasteiger partial charge in [-0.3, -0.25) is 9.69 Å². The Morgan fingerprint density at radius 3 is 2.52 bits per heavy atom. The second kappa shape index (κ2) is 9.63. The highest BCUT2D eigenvalue weighted by atomic mass is 35.5. The van der Waals surface area contributed by atoms with Gasteiger partial charge in [-0.25, -0.2) is 0 Å². The number of benzene rings is 1. The van der Waals surface area contributed by atoms with Crippen molar-refractivity contribution in [2.75, 3.05) is 19.8 Å². The number of halogens is 1. The fourth-order valence-corrected chi connectivity index (χ4v) is 2.44. The second-order valence-electron chi connectivity index (χ2n) is 5.58. The number of nitrogens with zero attached hydrogens (tertiary/aromatic N) is 1. The van der Waals surface area contributed by atoms with Gasteiger partial charge in [-0.1, -0.05) is 18.5 Å². The van der Waals surface area contributed by atoms with Crippen molar-refractivity contribution in [3.63, 3.8) is 0 Å². The van der Waals surface area contributed by atoms with E-state index in [4.69, 9.17) is 26.2 Å². The van der Waals surface area contributed by atoms with Gasteiger partial charge in [-0.05, 0) is 44.9 Å². The lowest BCUT2D eigenvalue weighted by Crippen LogP contribution is -2.35. The van der Waals surface area contributed by atoms with Gasteiger partial charge >= 0.3 is 5.97 Å². The molecule has 1 aromatic carbocycles. The van der Waals surface area contributed by atoms with Crippen LogP contribution in [0.3, 0.4) is 0 Å². The fourth-order valence-electron chi connectivity index (χ4n) is 2.15. The third-order valence-corrected chi connectivity index (χ3v) is 3.55. The maximum atomic E-state index is 11.0. The molecule has 0 heterocycles. The normalized spacial score (nSPS) is 11.1. The van der Waals surface area contributed by atoms with Crippen molar-refractivity contribution < 1.29 is 19.4 Å². The molecule has 0 aliphatic carbocycles. The van der Waals surface area contributed by atoms with E-state index in [1.165, 1.54) is 0 Å². The van der Waals surface area contributed by atoms with Crippen LogP contribution in [0.4, 0.5) is 0 Å². The number of rotatable bonds is 10. The molecule has 1 rings (SSSR count). The van der Waals surface area contributed by atoms with E-state index in [0.717, 1.165) is 12.0 Å². The summed E-state index contributed by atoms with van der Waals surface area (Å²) in [7, 11) is 0. The van der Waals surface area contributed by atoms with Crippen molar-refractivity contribution in [2.24, 2.45) is 0 Å². The van der Waals surface area contributed by atoms with Crippen LogP contribution in [0.25, 0.3) is 0 Å². The van der Waals surface area contributed by atoms with Crippen LogP contribution in [0, 0.1) is 0 Å².